The molecule has 808 valence electrons. The first kappa shape index (κ1) is 116. The third-order valence-electron chi connectivity index (χ3n) is 40.9. The first-order valence-corrected chi connectivity index (χ1v) is 57.3. The number of carboxylic acids is 1. The molecule has 23 nitrogen and oxygen atoms in total. The fraction of sp³-hybridized carbons (Fsp3) is 0.908. The second-order valence-electron chi connectivity index (χ2n) is 53.7. The Hall–Kier alpha value is -5.89. The fourth-order valence-corrected chi connectivity index (χ4v) is 29.8. The van der Waals surface area contributed by atoms with E-state index in [1.165, 1.54) is 116 Å². The molecule has 0 aromatic heterocycles. The van der Waals surface area contributed by atoms with Gasteiger partial charge >= 0.3 is 59.7 Å². The van der Waals surface area contributed by atoms with E-state index in [0.717, 1.165) is 170 Å². The van der Waals surface area contributed by atoms with Crippen molar-refractivity contribution in [3.05, 3.63) is 0 Å². The highest BCUT2D eigenvalue weighted by atomic mass is 16.6. The van der Waals surface area contributed by atoms with Crippen LogP contribution in [-0.4, -0.2) is 139 Å². The van der Waals surface area contributed by atoms with Crippen LogP contribution < -0.4 is 0 Å². The fourth-order valence-electron chi connectivity index (χ4n) is 29.8. The largest absolute Gasteiger partial charge is 0.481 e. The number of aliphatic carboxylic acids is 1. The van der Waals surface area contributed by atoms with Gasteiger partial charge < -0.3 is 58.0 Å². The number of hydrogen-bond donors (Lipinski definition) is 3. The van der Waals surface area contributed by atoms with Crippen LogP contribution in [0.3, 0.4) is 0 Å². The topological polar surface area (TPSA) is 338 Å². The summed E-state index contributed by atoms with van der Waals surface area (Å²) in [6.07, 6.45) is 45.6. The third kappa shape index (κ3) is 26.4. The number of carbonyl (C=O) groups is 10. The molecule has 0 radical (unpaired) electrons. The number of fused-ring (bicyclic) bond motifs is 12. The average molecular weight is 1990 g/mol. The van der Waals surface area contributed by atoms with Crippen molar-refractivity contribution in [3.8, 4) is 6.07 Å². The number of hydrogen-bond acceptors (Lipinski definition) is 22. The number of carboxylic acid groups (broad SMARTS) is 1. The minimum absolute atomic E-state index is 0.0207. The van der Waals surface area contributed by atoms with Gasteiger partial charge in [0.25, 0.3) is 0 Å². The molecule has 3 N–H and O–H groups in total. The Labute approximate surface area is 855 Å². The second-order valence-corrected chi connectivity index (χ2v) is 53.7. The highest BCUT2D eigenvalue weighted by Crippen LogP contribution is 2.72. The molecule has 20 rings (SSSR count). The van der Waals surface area contributed by atoms with E-state index in [-0.39, 0.29) is 129 Å². The Kier molecular flexibility index (Phi) is 37.9. The van der Waals surface area contributed by atoms with Gasteiger partial charge in [-0.05, 0) is 410 Å². The molecule has 0 amide bonds. The molecule has 0 aromatic carbocycles. The summed E-state index contributed by atoms with van der Waals surface area (Å²) in [4.78, 5) is 119. The molecular formula is C119H195NO22. The highest BCUT2D eigenvalue weighted by Gasteiger charge is 2.73. The molecule has 1 heterocycles. The van der Waals surface area contributed by atoms with Gasteiger partial charge in [-0.1, -0.05) is 128 Å². The summed E-state index contributed by atoms with van der Waals surface area (Å²) in [6, 6.07) is 2.15. The first-order valence-electron chi connectivity index (χ1n) is 57.3. The van der Waals surface area contributed by atoms with Gasteiger partial charge in [0.05, 0.1) is 62.1 Å². The standard InChI is InChI=1S/C20H32O2.C16H28O4.C16H26O3.C15H19NO4.C15H24O3.C15H28O2.C12H22O2.C10H16O2/c1-5-19(3,4)18(21)22-20(6-2)11-14-10-15(20)17-13-8-7-12(9-13)16(14)17;1-5-12(2)15(18)19-11-14(17)20-16(3,4)13-9-7-6-8-10-13;1-4-14(2,3)13(17)19-16-8-11-5-12(9-16)7-15(18,6-11)10-16;1-4-14(2,3)12(17)19-10-8-5-9-11(10)20-13(18)15(9,6-8)7-16;1-3-10(2)13(16)18-15-7-11-4-12(8-15)6-14(17,5-11)9-15;1-6-14(2,3)13(16)17-15(4,5)12-10-8-7-9-11-12;1-4-12(2,3)11(13)14-10-8-6-5-7-9-10;1-5-6(2)8-3-7(5)4-9(8)10(11)12/h12-17H,5-11H2,1-4H3;12-13H,5-11H2,1-4H3;11-12,18H,4-10H2,1-3H3;8-11H,4-6H2,1-3H3;10-12,17H,3-9H2,1-2H3;12H,6-11H2,1-5H3;10H,4-9H2,1-3H3;5-9H,3-4H2,1-2H3,(H,11,12). The van der Waals surface area contributed by atoms with E-state index < -0.39 is 57.1 Å². The van der Waals surface area contributed by atoms with E-state index in [9.17, 15) is 63.4 Å². The quantitative estimate of drug-likeness (QED) is 0.0391. The summed E-state index contributed by atoms with van der Waals surface area (Å²) >= 11 is 0. The lowest BCUT2D eigenvalue weighted by Gasteiger charge is -2.59. The van der Waals surface area contributed by atoms with Gasteiger partial charge in [0.1, 0.15) is 46.3 Å². The van der Waals surface area contributed by atoms with Gasteiger partial charge in [-0.15, -0.1) is 0 Å². The molecule has 20 fully saturated rings. The molecule has 16 bridgehead atoms. The molecule has 19 aliphatic carbocycles. The highest BCUT2D eigenvalue weighted by molar-refractivity contribution is 5.85. The van der Waals surface area contributed by atoms with Crippen molar-refractivity contribution in [1.82, 2.24) is 0 Å². The summed E-state index contributed by atoms with van der Waals surface area (Å²) in [5, 5.41) is 39.5. The van der Waals surface area contributed by atoms with Crippen molar-refractivity contribution in [2.75, 3.05) is 6.61 Å². The lowest BCUT2D eigenvalue weighted by atomic mass is 9.52. The maximum atomic E-state index is 12.7. The van der Waals surface area contributed by atoms with Crippen molar-refractivity contribution in [2.24, 2.45) is 157 Å². The molecule has 23 heteroatoms. The zero-order chi connectivity index (χ0) is 105. The SMILES string of the molecule is CC1C2CC(C(=O)O)C(C2)C1C.CCC(C)(C)C(=O)OC(C)(C)C1CCCCC1.CCC(C)(C)C(=O)OC1(CC)CC2CC1C1C3CCC(C3)C21.CCC(C)(C)C(=O)OC12CC3CC(CC(O)(C3)C1)C2.CCC(C)(C)C(=O)OC1C2CC3C1OC(=O)C3(C#N)C2.CCC(C)(C)C(=O)OC1CCCCC1.CCC(C)C(=O)OC12CC3CC(CC(O)(C3)C1)C2.CCC(C)C(=O)OCC(=O)OC(C)(C)C1CCCCC1. The van der Waals surface area contributed by atoms with Crippen LogP contribution in [0.2, 0.25) is 0 Å². The number of ether oxygens (including phenoxy) is 9. The Morgan fingerprint density at radius 3 is 1.31 bits per heavy atom. The van der Waals surface area contributed by atoms with Crippen molar-refractivity contribution in [2.45, 2.75) is 520 Å². The smallest absolute Gasteiger partial charge is 0.344 e. The van der Waals surface area contributed by atoms with Crippen molar-refractivity contribution < 1.29 is 106 Å². The summed E-state index contributed by atoms with van der Waals surface area (Å²) < 4.78 is 51.0. The number of esters is 9. The van der Waals surface area contributed by atoms with Crippen LogP contribution in [0.15, 0.2) is 0 Å². The average Bonchev–Trinajstić information content (AvgIpc) is 1.58. The van der Waals surface area contributed by atoms with Gasteiger partial charge in [0.15, 0.2) is 12.0 Å². The van der Waals surface area contributed by atoms with Gasteiger partial charge in [0.2, 0.25) is 0 Å². The zero-order valence-corrected chi connectivity index (χ0v) is 93.2. The molecule has 23 atom stereocenters. The zero-order valence-electron chi connectivity index (χ0n) is 93.2. The third-order valence-corrected chi connectivity index (χ3v) is 40.9. The maximum absolute atomic E-state index is 12.7. The van der Waals surface area contributed by atoms with Gasteiger partial charge in [-0.25, -0.2) is 4.79 Å². The monoisotopic (exact) mass is 1990 g/mol. The molecule has 23 unspecified atom stereocenters. The number of aliphatic hydroxyl groups is 2. The van der Waals surface area contributed by atoms with Crippen LogP contribution >= 0.6 is 0 Å². The summed E-state index contributed by atoms with van der Waals surface area (Å²) in [5.74, 6) is 8.68. The van der Waals surface area contributed by atoms with Crippen LogP contribution in [0.25, 0.3) is 0 Å². The minimum Gasteiger partial charge on any atom is -0.481 e. The normalized spacial score (nSPS) is 36.4. The molecule has 142 heavy (non-hydrogen) atoms. The van der Waals surface area contributed by atoms with Crippen LogP contribution in [0.1, 0.15) is 463 Å². The molecule has 0 spiro atoms. The minimum atomic E-state index is -0.974. The molecule has 20 aliphatic rings. The number of rotatable bonds is 27. The second kappa shape index (κ2) is 46.3. The van der Waals surface area contributed by atoms with E-state index in [2.05, 4.69) is 47.6 Å². The predicted octanol–water partition coefficient (Wildman–Crippen LogP) is 25.4. The first-order chi connectivity index (χ1) is 66.3. The Morgan fingerprint density at radius 2 is 0.866 bits per heavy atom. The lowest BCUT2D eigenvalue weighted by molar-refractivity contribution is -0.225. The molecule has 1 aliphatic heterocycles. The Bertz CT molecular complexity index is 4320. The van der Waals surface area contributed by atoms with E-state index in [0.29, 0.717) is 91.3 Å². The maximum Gasteiger partial charge on any atom is 0.344 e. The van der Waals surface area contributed by atoms with Crippen LogP contribution in [0.4, 0.5) is 0 Å². The van der Waals surface area contributed by atoms with E-state index in [4.69, 9.17) is 47.7 Å². The van der Waals surface area contributed by atoms with Crippen molar-refractivity contribution >= 4 is 59.7 Å². The number of nitrogens with zero attached hydrogens (tertiary/aromatic N) is 1. The Morgan fingerprint density at radius 1 is 0.437 bits per heavy atom. The molecule has 19 saturated carbocycles. The van der Waals surface area contributed by atoms with Crippen molar-refractivity contribution in [3.63, 3.8) is 0 Å². The summed E-state index contributed by atoms with van der Waals surface area (Å²) in [7, 11) is 0. The van der Waals surface area contributed by atoms with Crippen molar-refractivity contribution in [1.29, 1.82) is 5.26 Å². The number of carbonyl (C=O) groups excluding carboxylic acids is 9. The van der Waals surface area contributed by atoms with Crippen LogP contribution in [-0.2, 0) is 90.6 Å². The predicted molar refractivity (Wildman–Crippen MR) is 546 cm³/mol. The van der Waals surface area contributed by atoms with E-state index in [1.54, 1.807) is 6.92 Å². The number of nitriles is 1. The van der Waals surface area contributed by atoms with E-state index >= 15 is 0 Å². The Balaban J connectivity index is 0.000000156. The van der Waals surface area contributed by atoms with Crippen LogP contribution in [0, 0.1) is 168 Å². The van der Waals surface area contributed by atoms with Gasteiger partial charge in [0, 0.05) is 30.6 Å². The van der Waals surface area contributed by atoms with Crippen LogP contribution in [0.5, 0.6) is 0 Å². The van der Waals surface area contributed by atoms with Gasteiger partial charge in [-0.2, -0.15) is 5.26 Å². The lowest BCUT2D eigenvalue weighted by Crippen LogP contribution is -2.61. The van der Waals surface area contributed by atoms with Gasteiger partial charge in [-0.3, -0.25) is 43.2 Å². The van der Waals surface area contributed by atoms with E-state index in [1.807, 2.05) is 132 Å². The summed E-state index contributed by atoms with van der Waals surface area (Å²) in [5.41, 5.74) is -5.60. The molecule has 0 aromatic rings. The molecular weight excluding hydrogens is 1800 g/mol. The summed E-state index contributed by atoms with van der Waals surface area (Å²) in [6.45, 7) is 51.8. The molecule has 1 saturated heterocycles.